The Morgan fingerprint density at radius 2 is 1.50 bits per heavy atom. The number of benzene rings is 3. The van der Waals surface area contributed by atoms with E-state index in [4.69, 9.17) is 4.98 Å². The Balaban J connectivity index is 1.63. The van der Waals surface area contributed by atoms with Crippen molar-refractivity contribution >= 4 is 22.6 Å². The van der Waals surface area contributed by atoms with Gasteiger partial charge < -0.3 is 9.88 Å². The molecule has 4 heteroatoms. The van der Waals surface area contributed by atoms with Gasteiger partial charge in [-0.3, -0.25) is 4.79 Å². The van der Waals surface area contributed by atoms with Crippen LogP contribution in [-0.2, 0) is 17.8 Å². The van der Waals surface area contributed by atoms with Crippen LogP contribution in [0.25, 0.3) is 11.0 Å². The van der Waals surface area contributed by atoms with E-state index in [1.165, 1.54) is 5.56 Å². The first-order valence-electron chi connectivity index (χ1n) is 8.62. The van der Waals surface area contributed by atoms with Gasteiger partial charge >= 0.3 is 0 Å². The predicted molar refractivity (Wildman–Crippen MR) is 104 cm³/mol. The van der Waals surface area contributed by atoms with E-state index in [9.17, 15) is 4.79 Å². The molecule has 0 fully saturated rings. The van der Waals surface area contributed by atoms with E-state index < -0.39 is 0 Å². The third-order valence-electron chi connectivity index (χ3n) is 4.29. The van der Waals surface area contributed by atoms with Crippen LogP contribution in [0.3, 0.4) is 0 Å². The van der Waals surface area contributed by atoms with Gasteiger partial charge in [0.2, 0.25) is 5.91 Å². The molecule has 4 nitrogen and oxygen atoms in total. The van der Waals surface area contributed by atoms with Crippen molar-refractivity contribution in [1.82, 2.24) is 9.55 Å². The van der Waals surface area contributed by atoms with Crippen LogP contribution in [0, 0.1) is 0 Å². The van der Waals surface area contributed by atoms with Gasteiger partial charge in [0.1, 0.15) is 5.82 Å². The van der Waals surface area contributed by atoms with E-state index >= 15 is 0 Å². The van der Waals surface area contributed by atoms with Gasteiger partial charge in [-0.15, -0.1) is 0 Å². The van der Waals surface area contributed by atoms with Gasteiger partial charge in [0.05, 0.1) is 17.5 Å². The van der Waals surface area contributed by atoms with Crippen LogP contribution in [0.2, 0.25) is 0 Å². The van der Waals surface area contributed by atoms with Crippen molar-refractivity contribution in [3.8, 4) is 0 Å². The van der Waals surface area contributed by atoms with Crippen molar-refractivity contribution in [2.24, 2.45) is 0 Å². The van der Waals surface area contributed by atoms with Gasteiger partial charge in [-0.25, -0.2) is 4.98 Å². The summed E-state index contributed by atoms with van der Waals surface area (Å²) in [7, 11) is 0. The fraction of sp³-hybridized carbons (Fsp3) is 0.0909. The maximum Gasteiger partial charge on any atom is 0.231 e. The molecule has 128 valence electrons. The van der Waals surface area contributed by atoms with E-state index in [-0.39, 0.29) is 12.3 Å². The maximum atomic E-state index is 12.5. The summed E-state index contributed by atoms with van der Waals surface area (Å²) in [5.74, 6) is 0.698. The molecular weight excluding hydrogens is 322 g/mol. The normalized spacial score (nSPS) is 10.8. The minimum atomic E-state index is -0.0687. The summed E-state index contributed by atoms with van der Waals surface area (Å²) in [6, 6.07) is 27.7. The lowest BCUT2D eigenvalue weighted by atomic mass is 10.2. The molecule has 0 spiro atoms. The van der Waals surface area contributed by atoms with Crippen LogP contribution in [0.15, 0.2) is 84.9 Å². The Morgan fingerprint density at radius 1 is 0.846 bits per heavy atom. The van der Waals surface area contributed by atoms with Crippen LogP contribution >= 0.6 is 0 Å². The first-order chi connectivity index (χ1) is 12.8. The first-order valence-corrected chi connectivity index (χ1v) is 8.62. The quantitative estimate of drug-likeness (QED) is 0.589. The highest BCUT2D eigenvalue weighted by Gasteiger charge is 2.14. The van der Waals surface area contributed by atoms with Crippen molar-refractivity contribution in [3.63, 3.8) is 0 Å². The summed E-state index contributed by atoms with van der Waals surface area (Å²) in [5, 5.41) is 2.93. The summed E-state index contributed by atoms with van der Waals surface area (Å²) in [5.41, 5.74) is 3.92. The van der Waals surface area contributed by atoms with Gasteiger partial charge in [-0.2, -0.15) is 0 Å². The Kier molecular flexibility index (Phi) is 4.48. The number of fused-ring (bicyclic) bond motifs is 1. The number of imidazole rings is 1. The highest BCUT2D eigenvalue weighted by Crippen LogP contribution is 2.19. The van der Waals surface area contributed by atoms with Gasteiger partial charge in [-0.05, 0) is 29.8 Å². The summed E-state index contributed by atoms with van der Waals surface area (Å²) in [4.78, 5) is 17.2. The molecule has 0 atom stereocenters. The molecule has 1 aromatic heterocycles. The highest BCUT2D eigenvalue weighted by molar-refractivity contribution is 5.92. The third-order valence-corrected chi connectivity index (χ3v) is 4.29. The molecule has 1 heterocycles. The average molecular weight is 341 g/mol. The molecule has 4 aromatic rings. The largest absolute Gasteiger partial charge is 0.326 e. The summed E-state index contributed by atoms with van der Waals surface area (Å²) in [6.07, 6.45) is 0.233. The molecular formula is C22H19N3O. The number of aromatic nitrogens is 2. The monoisotopic (exact) mass is 341 g/mol. The number of hydrogen-bond donors (Lipinski definition) is 1. The van der Waals surface area contributed by atoms with Crippen LogP contribution in [-0.4, -0.2) is 15.5 Å². The van der Waals surface area contributed by atoms with Crippen LogP contribution in [0.4, 0.5) is 5.69 Å². The van der Waals surface area contributed by atoms with Gasteiger partial charge in [0.25, 0.3) is 0 Å². The second kappa shape index (κ2) is 7.23. The molecule has 0 aliphatic heterocycles. The fourth-order valence-electron chi connectivity index (χ4n) is 3.07. The van der Waals surface area contributed by atoms with Gasteiger partial charge in [0.15, 0.2) is 0 Å². The summed E-state index contributed by atoms with van der Waals surface area (Å²) >= 11 is 0. The molecule has 0 radical (unpaired) electrons. The molecule has 0 unspecified atom stereocenters. The van der Waals surface area contributed by atoms with Crippen LogP contribution < -0.4 is 5.32 Å². The molecule has 3 aromatic carbocycles. The lowest BCUT2D eigenvalue weighted by Crippen LogP contribution is -2.17. The Hall–Kier alpha value is -3.40. The van der Waals surface area contributed by atoms with Crippen molar-refractivity contribution in [3.05, 3.63) is 96.3 Å². The number of hydrogen-bond acceptors (Lipinski definition) is 2. The molecule has 0 aliphatic carbocycles. The Morgan fingerprint density at radius 3 is 2.27 bits per heavy atom. The Labute approximate surface area is 152 Å². The number of carbonyl (C=O) groups is 1. The zero-order chi connectivity index (χ0) is 17.8. The van der Waals surface area contributed by atoms with Crippen molar-refractivity contribution in [1.29, 1.82) is 0 Å². The zero-order valence-corrected chi connectivity index (χ0v) is 14.3. The maximum absolute atomic E-state index is 12.5. The number of para-hydroxylation sites is 3. The number of carbonyl (C=O) groups excluding carboxylic acids is 1. The molecule has 0 saturated heterocycles. The zero-order valence-electron chi connectivity index (χ0n) is 14.3. The lowest BCUT2D eigenvalue weighted by Gasteiger charge is -2.10. The van der Waals surface area contributed by atoms with Crippen molar-refractivity contribution in [2.45, 2.75) is 13.0 Å². The number of nitrogens with zero attached hydrogens (tertiary/aromatic N) is 2. The lowest BCUT2D eigenvalue weighted by molar-refractivity contribution is -0.115. The standard InChI is InChI=1S/C22H19N3O/c26-22(23-18-11-5-2-6-12-18)15-21-24-19-13-7-8-14-20(19)25(21)16-17-9-3-1-4-10-17/h1-14H,15-16H2,(H,23,26). The van der Waals surface area contributed by atoms with E-state index in [1.54, 1.807) is 0 Å². The minimum absolute atomic E-state index is 0.0687. The molecule has 1 amide bonds. The van der Waals surface area contributed by atoms with E-state index in [2.05, 4.69) is 22.0 Å². The van der Waals surface area contributed by atoms with Crippen molar-refractivity contribution < 1.29 is 4.79 Å². The SMILES string of the molecule is O=C(Cc1nc2ccccc2n1Cc1ccccc1)Nc1ccccc1. The van der Waals surface area contributed by atoms with E-state index in [0.29, 0.717) is 6.54 Å². The second-order valence-electron chi connectivity index (χ2n) is 6.18. The molecule has 0 bridgehead atoms. The molecule has 1 N–H and O–H groups in total. The van der Waals surface area contributed by atoms with Gasteiger partial charge in [0, 0.05) is 12.2 Å². The Bertz CT molecular complexity index is 1020. The number of rotatable bonds is 5. The summed E-state index contributed by atoms with van der Waals surface area (Å²) < 4.78 is 2.12. The molecule has 4 rings (SSSR count). The smallest absolute Gasteiger partial charge is 0.231 e. The van der Waals surface area contributed by atoms with E-state index in [0.717, 1.165) is 22.5 Å². The number of amides is 1. The fourth-order valence-corrected chi connectivity index (χ4v) is 3.07. The minimum Gasteiger partial charge on any atom is -0.326 e. The topological polar surface area (TPSA) is 46.9 Å². The van der Waals surface area contributed by atoms with E-state index in [1.807, 2.05) is 72.8 Å². The highest BCUT2D eigenvalue weighted by atomic mass is 16.1. The molecule has 0 saturated carbocycles. The van der Waals surface area contributed by atoms with Gasteiger partial charge in [-0.1, -0.05) is 60.7 Å². The molecule has 26 heavy (non-hydrogen) atoms. The van der Waals surface area contributed by atoms with Crippen molar-refractivity contribution in [2.75, 3.05) is 5.32 Å². The second-order valence-corrected chi connectivity index (χ2v) is 6.18. The van der Waals surface area contributed by atoms with Crippen LogP contribution in [0.5, 0.6) is 0 Å². The average Bonchev–Trinajstić information content (AvgIpc) is 3.00. The molecule has 0 aliphatic rings. The summed E-state index contributed by atoms with van der Waals surface area (Å²) in [6.45, 7) is 0.690. The number of nitrogens with one attached hydrogen (secondary N) is 1. The predicted octanol–water partition coefficient (Wildman–Crippen LogP) is 4.27. The number of anilines is 1. The third kappa shape index (κ3) is 3.49. The van der Waals surface area contributed by atoms with Crippen LogP contribution in [0.1, 0.15) is 11.4 Å². The first kappa shape index (κ1) is 16.1.